The lowest BCUT2D eigenvalue weighted by atomic mass is 10.1. The number of allylic oxidation sites excluding steroid dienone is 4. The molecule has 0 bridgehead atoms. The van der Waals surface area contributed by atoms with Crippen molar-refractivity contribution in [2.75, 3.05) is 43.4 Å². The summed E-state index contributed by atoms with van der Waals surface area (Å²) in [6.07, 6.45) is 5.74. The van der Waals surface area contributed by atoms with Gasteiger partial charge < -0.3 is 15.5 Å². The van der Waals surface area contributed by atoms with Crippen molar-refractivity contribution < 1.29 is 0 Å². The van der Waals surface area contributed by atoms with Crippen molar-refractivity contribution in [3.8, 4) is 0 Å². The van der Waals surface area contributed by atoms with Gasteiger partial charge in [0.1, 0.15) is 5.69 Å². The quantitative estimate of drug-likeness (QED) is 0.806. The summed E-state index contributed by atoms with van der Waals surface area (Å²) < 4.78 is 0. The molecule has 3 rings (SSSR count). The summed E-state index contributed by atoms with van der Waals surface area (Å²) in [7, 11) is 1.86. The molecular weight excluding hydrogens is 250 g/mol. The third-order valence-electron chi connectivity index (χ3n) is 3.42. The fraction of sp³-hybridized carbons (Fsp3) is 0.333. The summed E-state index contributed by atoms with van der Waals surface area (Å²) in [5.74, 6) is 0.786. The molecule has 1 saturated heterocycles. The average molecular weight is 267 g/mol. The molecule has 2 aliphatic rings. The van der Waals surface area contributed by atoms with Gasteiger partial charge in [-0.05, 0) is 18.2 Å². The summed E-state index contributed by atoms with van der Waals surface area (Å²) >= 11 is 0. The molecule has 0 atom stereocenters. The average Bonchev–Trinajstić information content (AvgIpc) is 2.56. The van der Waals surface area contributed by atoms with E-state index in [1.165, 1.54) is 0 Å². The standard InChI is InChI=1S/C15H17N5/c1-16-14-11-13(20-9-7-17-8-10-20)15(19-18-14)12-5-3-2-4-6-12/h3,5-6,11,17H,7-10H2,1H3,(H,16,18). The van der Waals surface area contributed by atoms with Crippen molar-refractivity contribution in [1.29, 1.82) is 0 Å². The normalized spacial score (nSPS) is 17.2. The first kappa shape index (κ1) is 12.7. The number of rotatable bonds is 3. The fourth-order valence-corrected chi connectivity index (χ4v) is 2.35. The van der Waals surface area contributed by atoms with Crippen molar-refractivity contribution in [2.24, 2.45) is 0 Å². The van der Waals surface area contributed by atoms with Crippen LogP contribution in [0.2, 0.25) is 0 Å². The smallest absolute Gasteiger partial charge is 0.150 e. The number of nitrogens with one attached hydrogen (secondary N) is 2. The Balaban J connectivity index is 2.02. The largest absolute Gasteiger partial charge is 0.372 e. The van der Waals surface area contributed by atoms with Crippen LogP contribution in [0.15, 0.2) is 35.8 Å². The van der Waals surface area contributed by atoms with Crippen LogP contribution in [0.1, 0.15) is 5.69 Å². The van der Waals surface area contributed by atoms with E-state index in [-0.39, 0.29) is 0 Å². The second kappa shape index (κ2) is 5.76. The van der Waals surface area contributed by atoms with E-state index in [0.717, 1.165) is 49.0 Å². The van der Waals surface area contributed by atoms with E-state index >= 15 is 0 Å². The Morgan fingerprint density at radius 3 is 2.80 bits per heavy atom. The van der Waals surface area contributed by atoms with Crippen LogP contribution < -0.4 is 15.5 Å². The predicted molar refractivity (Wildman–Crippen MR) is 80.8 cm³/mol. The highest BCUT2D eigenvalue weighted by Crippen LogP contribution is 2.28. The van der Waals surface area contributed by atoms with Crippen molar-refractivity contribution in [1.82, 2.24) is 15.5 Å². The highest BCUT2D eigenvalue weighted by molar-refractivity contribution is 5.82. The van der Waals surface area contributed by atoms with Gasteiger partial charge in [0.2, 0.25) is 0 Å². The maximum absolute atomic E-state index is 4.39. The summed E-state index contributed by atoms with van der Waals surface area (Å²) in [5, 5.41) is 15.0. The van der Waals surface area contributed by atoms with Crippen molar-refractivity contribution >= 4 is 17.1 Å². The summed E-state index contributed by atoms with van der Waals surface area (Å²) in [4.78, 5) is 2.35. The van der Waals surface area contributed by atoms with Gasteiger partial charge in [0.15, 0.2) is 5.82 Å². The Morgan fingerprint density at radius 1 is 1.25 bits per heavy atom. The SMILES string of the molecule is CNc1cc(N2CCNCC2)c(C2=CC=C=C=C2)nn1. The van der Waals surface area contributed by atoms with Crippen molar-refractivity contribution in [3.63, 3.8) is 0 Å². The molecule has 5 nitrogen and oxygen atoms in total. The van der Waals surface area contributed by atoms with E-state index in [1.54, 1.807) is 0 Å². The number of hydrogen-bond acceptors (Lipinski definition) is 5. The third-order valence-corrected chi connectivity index (χ3v) is 3.42. The first-order chi connectivity index (χ1) is 9.88. The molecule has 1 aliphatic heterocycles. The summed E-state index contributed by atoms with van der Waals surface area (Å²) in [6.45, 7) is 3.94. The van der Waals surface area contributed by atoms with E-state index in [4.69, 9.17) is 0 Å². The van der Waals surface area contributed by atoms with Gasteiger partial charge in [-0.25, -0.2) is 0 Å². The molecule has 0 amide bonds. The van der Waals surface area contributed by atoms with E-state index < -0.39 is 0 Å². The Morgan fingerprint density at radius 2 is 2.10 bits per heavy atom. The maximum Gasteiger partial charge on any atom is 0.150 e. The monoisotopic (exact) mass is 267 g/mol. The fourth-order valence-electron chi connectivity index (χ4n) is 2.35. The van der Waals surface area contributed by atoms with Gasteiger partial charge in [0.05, 0.1) is 5.69 Å². The van der Waals surface area contributed by atoms with Crippen molar-refractivity contribution in [3.05, 3.63) is 41.5 Å². The molecule has 2 N–H and O–H groups in total. The number of piperazine rings is 1. The molecule has 1 aromatic heterocycles. The molecule has 0 radical (unpaired) electrons. The number of hydrogen-bond donors (Lipinski definition) is 2. The Bertz CT molecular complexity index is 628. The lowest BCUT2D eigenvalue weighted by Gasteiger charge is -2.30. The first-order valence-electron chi connectivity index (χ1n) is 6.78. The van der Waals surface area contributed by atoms with Crippen LogP contribution >= 0.6 is 0 Å². The van der Waals surface area contributed by atoms with Gasteiger partial charge in [-0.15, -0.1) is 10.2 Å². The number of anilines is 2. The lowest BCUT2D eigenvalue weighted by Crippen LogP contribution is -2.44. The van der Waals surface area contributed by atoms with E-state index in [2.05, 4.69) is 43.3 Å². The summed E-state index contributed by atoms with van der Waals surface area (Å²) in [6, 6.07) is 2.06. The third kappa shape index (κ3) is 2.51. The zero-order chi connectivity index (χ0) is 13.8. The van der Waals surface area contributed by atoms with Gasteiger partial charge in [0.25, 0.3) is 0 Å². The molecule has 0 saturated carbocycles. The second-order valence-electron chi connectivity index (χ2n) is 4.67. The highest BCUT2D eigenvalue weighted by Gasteiger charge is 2.18. The number of aromatic nitrogens is 2. The molecule has 2 heterocycles. The van der Waals surface area contributed by atoms with E-state index in [1.807, 2.05) is 25.3 Å². The summed E-state index contributed by atoms with van der Waals surface area (Å²) in [5.41, 5.74) is 8.93. The van der Waals surface area contributed by atoms with Crippen LogP contribution in [0.25, 0.3) is 5.57 Å². The van der Waals surface area contributed by atoms with Crippen LogP contribution in [-0.4, -0.2) is 43.4 Å². The van der Waals surface area contributed by atoms with E-state index in [0.29, 0.717) is 0 Å². The molecule has 5 heteroatoms. The van der Waals surface area contributed by atoms with Crippen LogP contribution in [0.3, 0.4) is 0 Å². The molecule has 1 aliphatic carbocycles. The van der Waals surface area contributed by atoms with Crippen LogP contribution in [0, 0.1) is 0 Å². The second-order valence-corrected chi connectivity index (χ2v) is 4.67. The number of nitrogens with zero attached hydrogens (tertiary/aromatic N) is 3. The first-order valence-corrected chi connectivity index (χ1v) is 6.78. The van der Waals surface area contributed by atoms with Gasteiger partial charge >= 0.3 is 0 Å². The highest BCUT2D eigenvalue weighted by atomic mass is 15.2. The van der Waals surface area contributed by atoms with Gasteiger partial charge in [-0.1, -0.05) is 11.5 Å². The minimum absolute atomic E-state index is 0.786. The molecular formula is C15H17N5. The minimum atomic E-state index is 0.786. The predicted octanol–water partition coefficient (Wildman–Crippen LogP) is 1.19. The van der Waals surface area contributed by atoms with Crippen LogP contribution in [0.4, 0.5) is 11.5 Å². The maximum atomic E-state index is 4.39. The zero-order valence-corrected chi connectivity index (χ0v) is 11.5. The Labute approximate surface area is 118 Å². The van der Waals surface area contributed by atoms with Crippen LogP contribution in [0.5, 0.6) is 0 Å². The zero-order valence-electron chi connectivity index (χ0n) is 11.5. The molecule has 0 aromatic carbocycles. The molecule has 0 unspecified atom stereocenters. The van der Waals surface area contributed by atoms with Crippen LogP contribution in [-0.2, 0) is 0 Å². The topological polar surface area (TPSA) is 53.1 Å². The van der Waals surface area contributed by atoms with Gasteiger partial charge in [0, 0.05) is 44.9 Å². The van der Waals surface area contributed by atoms with Crippen molar-refractivity contribution in [2.45, 2.75) is 0 Å². The van der Waals surface area contributed by atoms with Gasteiger partial charge in [-0.3, -0.25) is 0 Å². The Kier molecular flexibility index (Phi) is 3.66. The van der Waals surface area contributed by atoms with E-state index in [9.17, 15) is 0 Å². The Hall–Kier alpha value is -2.32. The lowest BCUT2D eigenvalue weighted by molar-refractivity contribution is 0.588. The molecule has 1 fully saturated rings. The molecule has 0 spiro atoms. The minimum Gasteiger partial charge on any atom is -0.372 e. The molecule has 102 valence electrons. The molecule has 1 aromatic rings. The van der Waals surface area contributed by atoms with Gasteiger partial charge in [-0.2, -0.15) is 0 Å². The molecule has 20 heavy (non-hydrogen) atoms.